The fourth-order valence-electron chi connectivity index (χ4n) is 3.91. The molecule has 1 aromatic carbocycles. The number of rotatable bonds is 7. The Morgan fingerprint density at radius 1 is 1.24 bits per heavy atom. The van der Waals surface area contributed by atoms with Crippen LogP contribution in [0, 0.1) is 0 Å². The van der Waals surface area contributed by atoms with Gasteiger partial charge in [0.2, 0.25) is 0 Å². The normalized spacial score (nSPS) is 16.7. The first-order valence-corrected chi connectivity index (χ1v) is 10.3. The molecule has 1 N–H and O–H groups in total. The molecule has 2 aromatic heterocycles. The molecule has 1 amide bonds. The molecule has 6 nitrogen and oxygen atoms in total. The summed E-state index contributed by atoms with van der Waals surface area (Å²) in [5.74, 6) is 2.13. The summed E-state index contributed by atoms with van der Waals surface area (Å²) in [7, 11) is 0. The Kier molecular flexibility index (Phi) is 5.98. The van der Waals surface area contributed by atoms with Gasteiger partial charge in [-0.25, -0.2) is 4.98 Å². The van der Waals surface area contributed by atoms with Gasteiger partial charge >= 0.3 is 0 Å². The van der Waals surface area contributed by atoms with Crippen LogP contribution in [0.1, 0.15) is 38.4 Å². The van der Waals surface area contributed by atoms with Crippen molar-refractivity contribution >= 4 is 22.6 Å². The highest BCUT2D eigenvalue weighted by Crippen LogP contribution is 2.30. The third-order valence-electron chi connectivity index (χ3n) is 5.46. The number of pyridine rings is 1. The van der Waals surface area contributed by atoms with Crippen LogP contribution in [0.25, 0.3) is 10.9 Å². The number of nitrogens with zero attached hydrogens (tertiary/aromatic N) is 2. The van der Waals surface area contributed by atoms with Gasteiger partial charge in [0.25, 0.3) is 5.91 Å². The quantitative estimate of drug-likeness (QED) is 0.648. The topological polar surface area (TPSA) is 67.6 Å². The van der Waals surface area contributed by atoms with Crippen LogP contribution < -0.4 is 15.0 Å². The Hall–Kier alpha value is -3.02. The highest BCUT2D eigenvalue weighted by Gasteiger charge is 2.22. The van der Waals surface area contributed by atoms with Gasteiger partial charge in [0.1, 0.15) is 22.8 Å². The Morgan fingerprint density at radius 3 is 3.00 bits per heavy atom. The predicted octanol–water partition coefficient (Wildman–Crippen LogP) is 4.29. The maximum absolute atomic E-state index is 12.1. The third kappa shape index (κ3) is 4.53. The van der Waals surface area contributed by atoms with Crippen molar-refractivity contribution in [3.63, 3.8) is 0 Å². The monoisotopic (exact) mass is 393 g/mol. The van der Waals surface area contributed by atoms with Gasteiger partial charge in [0.05, 0.1) is 12.8 Å². The Bertz CT molecular complexity index is 955. The van der Waals surface area contributed by atoms with Crippen molar-refractivity contribution in [3.05, 3.63) is 54.5 Å². The van der Waals surface area contributed by atoms with E-state index in [1.165, 1.54) is 19.3 Å². The Balaban J connectivity index is 1.48. The molecule has 1 atom stereocenters. The van der Waals surface area contributed by atoms with Crippen LogP contribution in [0.15, 0.2) is 53.1 Å². The van der Waals surface area contributed by atoms with Crippen LogP contribution in [0.2, 0.25) is 0 Å². The van der Waals surface area contributed by atoms with Crippen molar-refractivity contribution in [1.82, 2.24) is 10.3 Å². The van der Waals surface area contributed by atoms with Crippen LogP contribution in [0.4, 0.5) is 5.82 Å². The van der Waals surface area contributed by atoms with Crippen molar-refractivity contribution in [1.29, 1.82) is 0 Å². The highest BCUT2D eigenvalue weighted by molar-refractivity contribution is 5.86. The summed E-state index contributed by atoms with van der Waals surface area (Å²) in [5.41, 5.74) is 0.796. The summed E-state index contributed by atoms with van der Waals surface area (Å²) < 4.78 is 11.0. The molecule has 1 fully saturated rings. The summed E-state index contributed by atoms with van der Waals surface area (Å²) in [6.45, 7) is 3.56. The lowest BCUT2D eigenvalue weighted by molar-refractivity contribution is -0.123. The molecule has 0 bridgehead atoms. The molecule has 1 aliphatic rings. The zero-order valence-electron chi connectivity index (χ0n) is 16.8. The minimum absolute atomic E-state index is 0.0625. The van der Waals surface area contributed by atoms with Gasteiger partial charge in [0, 0.05) is 18.0 Å². The lowest BCUT2D eigenvalue weighted by Crippen LogP contribution is -2.39. The van der Waals surface area contributed by atoms with E-state index in [1.54, 1.807) is 12.3 Å². The van der Waals surface area contributed by atoms with Crippen LogP contribution in [-0.4, -0.2) is 30.1 Å². The van der Waals surface area contributed by atoms with Gasteiger partial charge in [-0.3, -0.25) is 4.79 Å². The van der Waals surface area contributed by atoms with Gasteiger partial charge < -0.3 is 19.4 Å². The summed E-state index contributed by atoms with van der Waals surface area (Å²) in [6, 6.07) is 14.1. The number of anilines is 1. The van der Waals surface area contributed by atoms with Crippen LogP contribution in [-0.2, 0) is 11.3 Å². The standard InChI is InChI=1S/C23H27N3O3/c1-2-18-8-3-4-13-26(18)21-12-11-17-7-5-10-20(23(17)25-21)29-16-22(27)24-15-19-9-6-14-28-19/h5-7,9-12,14,18H,2-4,8,13,15-16H2,1H3,(H,24,27). The average Bonchev–Trinajstić information content (AvgIpc) is 3.29. The van der Waals surface area contributed by atoms with Crippen LogP contribution in [0.5, 0.6) is 5.75 Å². The number of para-hydroxylation sites is 1. The fourth-order valence-corrected chi connectivity index (χ4v) is 3.91. The van der Waals surface area contributed by atoms with Crippen LogP contribution >= 0.6 is 0 Å². The molecule has 0 aliphatic carbocycles. The summed E-state index contributed by atoms with van der Waals surface area (Å²) in [4.78, 5) is 19.5. The van der Waals surface area contributed by atoms with E-state index in [1.807, 2.05) is 24.3 Å². The molecule has 6 heteroatoms. The second-order valence-corrected chi connectivity index (χ2v) is 7.39. The molecule has 0 radical (unpaired) electrons. The molecule has 0 saturated carbocycles. The summed E-state index contributed by atoms with van der Waals surface area (Å²) in [5, 5.41) is 3.80. The highest BCUT2D eigenvalue weighted by atomic mass is 16.5. The largest absolute Gasteiger partial charge is 0.481 e. The molecule has 1 unspecified atom stereocenters. The molecule has 152 valence electrons. The Labute approximate surface area is 170 Å². The molecule has 4 rings (SSSR count). The number of fused-ring (bicyclic) bond motifs is 1. The lowest BCUT2D eigenvalue weighted by Gasteiger charge is -2.36. The number of furan rings is 1. The van der Waals surface area contributed by atoms with E-state index >= 15 is 0 Å². The van der Waals surface area contributed by atoms with E-state index in [2.05, 4.69) is 29.3 Å². The molecule has 3 heterocycles. The zero-order valence-corrected chi connectivity index (χ0v) is 16.8. The SMILES string of the molecule is CCC1CCCCN1c1ccc2cccc(OCC(=O)NCc3ccco3)c2n1. The molecular weight excluding hydrogens is 366 g/mol. The number of nitrogens with one attached hydrogen (secondary N) is 1. The van der Waals surface area contributed by atoms with Crippen molar-refractivity contribution < 1.29 is 13.9 Å². The number of piperidine rings is 1. The number of aromatic nitrogens is 1. The van der Waals surface area contributed by atoms with E-state index in [-0.39, 0.29) is 12.5 Å². The molecule has 3 aromatic rings. The predicted molar refractivity (Wildman–Crippen MR) is 113 cm³/mol. The molecule has 1 aliphatic heterocycles. The first kappa shape index (κ1) is 19.3. The van der Waals surface area contributed by atoms with Gasteiger partial charge in [-0.15, -0.1) is 0 Å². The number of carbonyl (C=O) groups is 1. The number of hydrogen-bond donors (Lipinski definition) is 1. The molecule has 0 spiro atoms. The fraction of sp³-hybridized carbons (Fsp3) is 0.391. The average molecular weight is 393 g/mol. The van der Waals surface area contributed by atoms with E-state index in [0.29, 0.717) is 24.1 Å². The van der Waals surface area contributed by atoms with Gasteiger partial charge in [-0.1, -0.05) is 19.1 Å². The lowest BCUT2D eigenvalue weighted by atomic mass is 10.00. The third-order valence-corrected chi connectivity index (χ3v) is 5.46. The van der Waals surface area contributed by atoms with Gasteiger partial charge in [-0.2, -0.15) is 0 Å². The van der Waals surface area contributed by atoms with E-state index < -0.39 is 0 Å². The van der Waals surface area contributed by atoms with Crippen molar-refractivity contribution in [2.75, 3.05) is 18.1 Å². The van der Waals surface area contributed by atoms with Crippen molar-refractivity contribution in [3.8, 4) is 5.75 Å². The summed E-state index contributed by atoms with van der Waals surface area (Å²) >= 11 is 0. The number of benzene rings is 1. The second kappa shape index (κ2) is 8.99. The van der Waals surface area contributed by atoms with Crippen molar-refractivity contribution in [2.45, 2.75) is 45.2 Å². The zero-order chi connectivity index (χ0) is 20.1. The molecule has 1 saturated heterocycles. The second-order valence-electron chi connectivity index (χ2n) is 7.39. The maximum Gasteiger partial charge on any atom is 0.258 e. The smallest absolute Gasteiger partial charge is 0.258 e. The minimum Gasteiger partial charge on any atom is -0.481 e. The summed E-state index contributed by atoms with van der Waals surface area (Å²) in [6.07, 6.45) is 6.40. The first-order chi connectivity index (χ1) is 14.2. The van der Waals surface area contributed by atoms with Gasteiger partial charge in [-0.05, 0) is 56.0 Å². The first-order valence-electron chi connectivity index (χ1n) is 10.3. The van der Waals surface area contributed by atoms with Crippen molar-refractivity contribution in [2.24, 2.45) is 0 Å². The molecule has 29 heavy (non-hydrogen) atoms. The van der Waals surface area contributed by atoms with Gasteiger partial charge in [0.15, 0.2) is 6.61 Å². The van der Waals surface area contributed by atoms with E-state index in [9.17, 15) is 4.79 Å². The number of carbonyl (C=O) groups excluding carboxylic acids is 1. The van der Waals surface area contributed by atoms with Crippen LogP contribution in [0.3, 0.4) is 0 Å². The van der Waals surface area contributed by atoms with E-state index in [4.69, 9.17) is 14.1 Å². The number of amides is 1. The number of ether oxygens (including phenoxy) is 1. The Morgan fingerprint density at radius 2 is 2.17 bits per heavy atom. The maximum atomic E-state index is 12.1. The minimum atomic E-state index is -0.198. The van der Waals surface area contributed by atoms with E-state index in [0.717, 1.165) is 29.7 Å². The molecular formula is C23H27N3O3. The number of hydrogen-bond acceptors (Lipinski definition) is 5.